The van der Waals surface area contributed by atoms with Gasteiger partial charge in [0.05, 0.1) is 5.54 Å². The van der Waals surface area contributed by atoms with E-state index in [0.717, 1.165) is 49.2 Å². The average molecular weight is 438 g/mol. The number of likely N-dealkylation sites (tertiary alicyclic amines) is 1. The van der Waals surface area contributed by atoms with Crippen molar-refractivity contribution in [2.45, 2.75) is 65.0 Å². The van der Waals surface area contributed by atoms with Gasteiger partial charge in [0, 0.05) is 11.4 Å². The molecule has 3 rings (SSSR count). The number of carbonyl (C=O) groups is 2. The molecule has 6 heteroatoms. The number of benzene rings is 2. The highest BCUT2D eigenvalue weighted by Crippen LogP contribution is 2.23. The normalized spacial score (nSPS) is 14.8. The molecular formula is C26H35N3O3. The van der Waals surface area contributed by atoms with Crippen molar-refractivity contribution < 1.29 is 14.3 Å². The summed E-state index contributed by atoms with van der Waals surface area (Å²) in [5.41, 5.74) is 2.75. The molecule has 2 aromatic carbocycles. The minimum atomic E-state index is -0.528. The van der Waals surface area contributed by atoms with E-state index in [2.05, 4.69) is 15.5 Å². The van der Waals surface area contributed by atoms with Crippen LogP contribution in [-0.4, -0.2) is 41.1 Å². The molecule has 2 N–H and O–H groups in total. The highest BCUT2D eigenvalue weighted by molar-refractivity contribution is 5.97. The quantitative estimate of drug-likeness (QED) is 0.631. The number of anilines is 2. The Morgan fingerprint density at radius 3 is 1.75 bits per heavy atom. The Morgan fingerprint density at radius 1 is 0.812 bits per heavy atom. The second-order valence-corrected chi connectivity index (χ2v) is 9.90. The van der Waals surface area contributed by atoms with Crippen LogP contribution in [0.1, 0.15) is 58.6 Å². The monoisotopic (exact) mass is 437 g/mol. The van der Waals surface area contributed by atoms with E-state index >= 15 is 0 Å². The highest BCUT2D eigenvalue weighted by Gasteiger charge is 2.35. The summed E-state index contributed by atoms with van der Waals surface area (Å²) >= 11 is 0. The first-order valence-corrected chi connectivity index (χ1v) is 11.3. The van der Waals surface area contributed by atoms with Crippen LogP contribution in [0.25, 0.3) is 0 Å². The molecule has 1 aliphatic rings. The van der Waals surface area contributed by atoms with Gasteiger partial charge in [-0.2, -0.15) is 0 Å². The van der Waals surface area contributed by atoms with Crippen molar-refractivity contribution >= 4 is 23.4 Å². The molecule has 0 atom stereocenters. The predicted octanol–water partition coefficient (Wildman–Crippen LogP) is 5.44. The maximum atomic E-state index is 12.8. The van der Waals surface area contributed by atoms with E-state index in [1.165, 1.54) is 0 Å². The number of carbonyl (C=O) groups excluding carboxylic acids is 2. The lowest BCUT2D eigenvalue weighted by atomic mass is 10.0. The summed E-state index contributed by atoms with van der Waals surface area (Å²) in [6.07, 6.45) is 2.61. The molecule has 0 aliphatic carbocycles. The number of hydrogen-bond donors (Lipinski definition) is 2. The lowest BCUT2D eigenvalue weighted by Crippen LogP contribution is -2.51. The molecule has 1 fully saturated rings. The third-order valence-corrected chi connectivity index (χ3v) is 5.67. The molecule has 32 heavy (non-hydrogen) atoms. The molecule has 1 saturated heterocycles. The van der Waals surface area contributed by atoms with Crippen LogP contribution in [0, 0.1) is 0 Å². The first kappa shape index (κ1) is 23.8. The molecule has 0 radical (unpaired) electrons. The van der Waals surface area contributed by atoms with Crippen molar-refractivity contribution in [2.24, 2.45) is 0 Å². The zero-order valence-corrected chi connectivity index (χ0v) is 19.8. The van der Waals surface area contributed by atoms with Gasteiger partial charge in [-0.25, -0.2) is 4.79 Å². The van der Waals surface area contributed by atoms with Crippen LogP contribution >= 0.6 is 0 Å². The minimum Gasteiger partial charge on any atom is -0.444 e. The van der Waals surface area contributed by atoms with Crippen molar-refractivity contribution in [3.05, 3.63) is 59.7 Å². The van der Waals surface area contributed by atoms with E-state index in [1.807, 2.05) is 83.1 Å². The molecule has 1 heterocycles. The van der Waals surface area contributed by atoms with Gasteiger partial charge < -0.3 is 10.1 Å². The van der Waals surface area contributed by atoms with Crippen molar-refractivity contribution in [1.82, 2.24) is 4.90 Å². The Labute approximate surface area is 191 Å². The maximum absolute atomic E-state index is 12.8. The van der Waals surface area contributed by atoms with Crippen LogP contribution in [0.3, 0.4) is 0 Å². The molecule has 0 saturated carbocycles. The van der Waals surface area contributed by atoms with E-state index in [4.69, 9.17) is 4.74 Å². The molecule has 1 aliphatic heterocycles. The van der Waals surface area contributed by atoms with Crippen molar-refractivity contribution in [3.63, 3.8) is 0 Å². The predicted molar refractivity (Wildman–Crippen MR) is 129 cm³/mol. The first-order chi connectivity index (χ1) is 15.0. The van der Waals surface area contributed by atoms with Crippen LogP contribution in [-0.2, 0) is 16.0 Å². The van der Waals surface area contributed by atoms with Crippen molar-refractivity contribution in [2.75, 3.05) is 23.7 Å². The Bertz CT molecular complexity index is 922. The smallest absolute Gasteiger partial charge is 0.412 e. The molecule has 0 spiro atoms. The van der Waals surface area contributed by atoms with E-state index in [-0.39, 0.29) is 5.91 Å². The SMILES string of the molecule is CC(C)(C)OC(=O)Nc1ccc(Cc2ccc(NC(=O)C(C)(C)N3CCCC3)cc2)cc1. The van der Waals surface area contributed by atoms with E-state index < -0.39 is 17.2 Å². The summed E-state index contributed by atoms with van der Waals surface area (Å²) in [5, 5.41) is 5.80. The largest absolute Gasteiger partial charge is 0.444 e. The number of nitrogens with zero attached hydrogens (tertiary/aromatic N) is 1. The molecule has 6 nitrogen and oxygen atoms in total. The summed E-state index contributed by atoms with van der Waals surface area (Å²) in [6, 6.07) is 15.7. The third-order valence-electron chi connectivity index (χ3n) is 5.67. The fourth-order valence-corrected chi connectivity index (χ4v) is 3.77. The van der Waals surface area contributed by atoms with E-state index in [9.17, 15) is 9.59 Å². The van der Waals surface area contributed by atoms with Gasteiger partial charge in [-0.3, -0.25) is 15.0 Å². The van der Waals surface area contributed by atoms with Gasteiger partial charge in [-0.05, 0) is 102 Å². The Kier molecular flexibility index (Phi) is 7.24. The second kappa shape index (κ2) is 9.74. The van der Waals surface area contributed by atoms with E-state index in [0.29, 0.717) is 5.69 Å². The lowest BCUT2D eigenvalue weighted by molar-refractivity contribution is -0.125. The molecule has 0 bridgehead atoms. The van der Waals surface area contributed by atoms with Gasteiger partial charge >= 0.3 is 6.09 Å². The average Bonchev–Trinajstić information content (AvgIpc) is 3.25. The Hall–Kier alpha value is -2.86. The number of amides is 2. The van der Waals surface area contributed by atoms with Gasteiger partial charge in [0.15, 0.2) is 0 Å². The van der Waals surface area contributed by atoms with Gasteiger partial charge in [-0.1, -0.05) is 24.3 Å². The molecule has 0 aromatic heterocycles. The number of ether oxygens (including phenoxy) is 1. The second-order valence-electron chi connectivity index (χ2n) is 9.90. The first-order valence-electron chi connectivity index (χ1n) is 11.3. The Balaban J connectivity index is 1.54. The molecular weight excluding hydrogens is 402 g/mol. The molecule has 172 valence electrons. The highest BCUT2D eigenvalue weighted by atomic mass is 16.6. The number of nitrogens with one attached hydrogen (secondary N) is 2. The van der Waals surface area contributed by atoms with Crippen molar-refractivity contribution in [1.29, 1.82) is 0 Å². The molecule has 2 aromatic rings. The standard InChI is InChI=1S/C26H35N3O3/c1-25(2,3)32-24(31)28-22-14-10-20(11-15-22)18-19-8-12-21(13-9-19)27-23(30)26(4,5)29-16-6-7-17-29/h8-15H,6-7,16-18H2,1-5H3,(H,27,30)(H,28,31). The summed E-state index contributed by atoms with van der Waals surface area (Å²) < 4.78 is 5.27. The van der Waals surface area contributed by atoms with Crippen LogP contribution in [0.5, 0.6) is 0 Å². The van der Waals surface area contributed by atoms with Gasteiger partial charge in [-0.15, -0.1) is 0 Å². The van der Waals surface area contributed by atoms with Crippen LogP contribution < -0.4 is 10.6 Å². The third kappa shape index (κ3) is 6.57. The zero-order chi connectivity index (χ0) is 23.4. The molecule has 0 unspecified atom stereocenters. The van der Waals surface area contributed by atoms with Crippen LogP contribution in [0.15, 0.2) is 48.5 Å². The van der Waals surface area contributed by atoms with E-state index in [1.54, 1.807) is 0 Å². The lowest BCUT2D eigenvalue weighted by Gasteiger charge is -2.33. The summed E-state index contributed by atoms with van der Waals surface area (Å²) in [4.78, 5) is 26.9. The maximum Gasteiger partial charge on any atom is 0.412 e. The van der Waals surface area contributed by atoms with Gasteiger partial charge in [0.2, 0.25) is 5.91 Å². The summed E-state index contributed by atoms with van der Waals surface area (Å²) in [5.74, 6) is 0.0280. The van der Waals surface area contributed by atoms with Crippen LogP contribution in [0.4, 0.5) is 16.2 Å². The van der Waals surface area contributed by atoms with Crippen LogP contribution in [0.2, 0.25) is 0 Å². The summed E-state index contributed by atoms with van der Waals surface area (Å²) in [7, 11) is 0. The fraction of sp³-hybridized carbons (Fsp3) is 0.462. The number of rotatable bonds is 6. The topological polar surface area (TPSA) is 70.7 Å². The van der Waals surface area contributed by atoms with Gasteiger partial charge in [0.25, 0.3) is 0 Å². The number of hydrogen-bond acceptors (Lipinski definition) is 4. The summed E-state index contributed by atoms with van der Waals surface area (Å²) in [6.45, 7) is 11.4. The molecule has 2 amide bonds. The fourth-order valence-electron chi connectivity index (χ4n) is 3.77. The van der Waals surface area contributed by atoms with Crippen molar-refractivity contribution in [3.8, 4) is 0 Å². The van der Waals surface area contributed by atoms with Gasteiger partial charge in [0.1, 0.15) is 5.60 Å². The Morgan fingerprint density at radius 2 is 1.28 bits per heavy atom. The zero-order valence-electron chi connectivity index (χ0n) is 19.8. The minimum absolute atomic E-state index is 0.0280.